The Balaban J connectivity index is 0.000000640. The zero-order chi connectivity index (χ0) is 5.98. The maximum absolute atomic E-state index is 10.3. The van der Waals surface area contributed by atoms with Crippen LogP contribution in [0.4, 0.5) is 0 Å². The van der Waals surface area contributed by atoms with Crippen LogP contribution in [0.5, 0.6) is 0 Å². The van der Waals surface area contributed by atoms with Crippen LogP contribution in [0, 0.1) is 0 Å². The second-order valence-electron chi connectivity index (χ2n) is 1.50. The predicted molar refractivity (Wildman–Crippen MR) is 34.2 cm³/mol. The number of amides is 1. The maximum Gasteiger partial charge on any atom is 0.291 e. The normalized spacial score (nSPS) is 16.4. The number of carbonyl (C=O) groups excluding carboxylic acids is 2. The summed E-state index contributed by atoms with van der Waals surface area (Å²) >= 11 is 0. The highest BCUT2D eigenvalue weighted by molar-refractivity contribution is 6.37. The smallest absolute Gasteiger partial charge is 0.291 e. The van der Waals surface area contributed by atoms with Gasteiger partial charge >= 0.3 is 0 Å². The summed E-state index contributed by atoms with van der Waals surface area (Å²) in [5.41, 5.74) is 0. The number of Topliss-reactive ketones (excluding diaryl/α,β-unsaturated/α-hetero) is 1. The highest BCUT2D eigenvalue weighted by atomic mass is 35.5. The molecule has 9 heavy (non-hydrogen) atoms. The fourth-order valence-corrected chi connectivity index (χ4v) is 0.474. The van der Waals surface area contributed by atoms with Crippen molar-refractivity contribution < 1.29 is 9.59 Å². The van der Waals surface area contributed by atoms with Crippen molar-refractivity contribution in [1.29, 1.82) is 0 Å². The summed E-state index contributed by atoms with van der Waals surface area (Å²) in [5, 5.41) is 2.26. The number of hydrogen-bond donors (Lipinski definition) is 1. The quantitative estimate of drug-likeness (QED) is 0.491. The van der Waals surface area contributed by atoms with Crippen LogP contribution < -0.4 is 5.32 Å². The molecule has 1 heterocycles. The van der Waals surface area contributed by atoms with Gasteiger partial charge in [-0.2, -0.15) is 0 Å². The Morgan fingerprint density at radius 3 is 2.44 bits per heavy atom. The van der Waals surface area contributed by atoms with Crippen molar-refractivity contribution in [1.82, 2.24) is 5.32 Å². The Bertz CT molecular complexity index is 146. The third kappa shape index (κ3) is 1.85. The van der Waals surface area contributed by atoms with Crippen molar-refractivity contribution in [2.45, 2.75) is 6.42 Å². The first kappa shape index (κ1) is 8.17. The molecule has 1 aliphatic heterocycles. The third-order valence-corrected chi connectivity index (χ3v) is 0.889. The van der Waals surface area contributed by atoms with Gasteiger partial charge in [0, 0.05) is 12.6 Å². The Labute approximate surface area is 58.5 Å². The van der Waals surface area contributed by atoms with Crippen LogP contribution in [-0.2, 0) is 9.59 Å². The Morgan fingerprint density at radius 1 is 1.44 bits per heavy atom. The van der Waals surface area contributed by atoms with Crippen LogP contribution in [0.15, 0.2) is 12.3 Å². The van der Waals surface area contributed by atoms with E-state index in [1.807, 2.05) is 0 Å². The number of halogens is 1. The number of carbonyl (C=O) groups is 2. The lowest BCUT2D eigenvalue weighted by molar-refractivity contribution is -0.137. The molecule has 0 saturated heterocycles. The molecule has 1 aliphatic rings. The molecule has 0 unspecified atom stereocenters. The fraction of sp³-hybridized carbons (Fsp3) is 0.200. The summed E-state index contributed by atoms with van der Waals surface area (Å²) in [7, 11) is 0. The Morgan fingerprint density at radius 2 is 2.11 bits per heavy atom. The molecule has 1 N–H and O–H groups in total. The predicted octanol–water partition coefficient (Wildman–Crippen LogP) is 0.0109. The van der Waals surface area contributed by atoms with Gasteiger partial charge in [0.2, 0.25) is 5.78 Å². The molecule has 0 aromatic heterocycles. The molecule has 0 bridgehead atoms. The molecule has 1 amide bonds. The molecule has 0 spiro atoms. The van der Waals surface area contributed by atoms with Crippen LogP contribution in [0.25, 0.3) is 0 Å². The molecule has 0 aromatic carbocycles. The minimum atomic E-state index is -0.507. The first-order valence-corrected chi connectivity index (χ1v) is 2.29. The van der Waals surface area contributed by atoms with Gasteiger partial charge in [0.1, 0.15) is 0 Å². The van der Waals surface area contributed by atoms with Gasteiger partial charge in [0.15, 0.2) is 0 Å². The Kier molecular flexibility index (Phi) is 2.95. The second kappa shape index (κ2) is 3.25. The van der Waals surface area contributed by atoms with E-state index in [1.165, 1.54) is 6.20 Å². The molecule has 3 nitrogen and oxygen atoms in total. The standard InChI is InChI=1S/C5H5NO2.ClH/c7-4-2-1-3-6-5(4)8;/h1,3H,2H2,(H,6,8);1H. The lowest BCUT2D eigenvalue weighted by Gasteiger charge is -2.00. The van der Waals surface area contributed by atoms with Crippen molar-refractivity contribution >= 4 is 24.1 Å². The maximum atomic E-state index is 10.3. The van der Waals surface area contributed by atoms with Crippen molar-refractivity contribution in [3.05, 3.63) is 12.3 Å². The van der Waals surface area contributed by atoms with Gasteiger partial charge in [0.05, 0.1) is 0 Å². The van der Waals surface area contributed by atoms with Gasteiger partial charge in [0.25, 0.3) is 5.91 Å². The molecule has 0 aromatic rings. The van der Waals surface area contributed by atoms with Crippen molar-refractivity contribution in [3.63, 3.8) is 0 Å². The minimum Gasteiger partial charge on any atom is -0.326 e. The highest BCUT2D eigenvalue weighted by Crippen LogP contribution is 1.90. The average molecular weight is 148 g/mol. The summed E-state index contributed by atoms with van der Waals surface area (Å²) in [6.45, 7) is 0. The molecular formula is C5H6ClNO2. The molecule has 0 atom stereocenters. The van der Waals surface area contributed by atoms with E-state index in [0.717, 1.165) is 0 Å². The molecule has 0 radical (unpaired) electrons. The Hall–Kier alpha value is -0.830. The fourth-order valence-electron chi connectivity index (χ4n) is 0.474. The summed E-state index contributed by atoms with van der Waals surface area (Å²) in [6, 6.07) is 0. The SMILES string of the molecule is Cl.O=C1CC=CNC1=O. The van der Waals surface area contributed by atoms with Crippen molar-refractivity contribution in [3.8, 4) is 0 Å². The summed E-state index contributed by atoms with van der Waals surface area (Å²) in [6.07, 6.45) is 3.33. The van der Waals surface area contributed by atoms with Gasteiger partial charge < -0.3 is 5.32 Å². The van der Waals surface area contributed by atoms with Crippen LogP contribution in [0.2, 0.25) is 0 Å². The first-order chi connectivity index (χ1) is 3.80. The highest BCUT2D eigenvalue weighted by Gasteiger charge is 2.12. The van der Waals surface area contributed by atoms with Crippen LogP contribution in [-0.4, -0.2) is 11.7 Å². The van der Waals surface area contributed by atoms with E-state index < -0.39 is 5.91 Å². The zero-order valence-corrected chi connectivity index (χ0v) is 5.40. The molecule has 50 valence electrons. The molecule has 1 rings (SSSR count). The summed E-state index contributed by atoms with van der Waals surface area (Å²) < 4.78 is 0. The van der Waals surface area contributed by atoms with E-state index >= 15 is 0 Å². The topological polar surface area (TPSA) is 46.2 Å². The van der Waals surface area contributed by atoms with Crippen LogP contribution >= 0.6 is 12.4 Å². The van der Waals surface area contributed by atoms with Gasteiger partial charge in [-0.1, -0.05) is 6.08 Å². The number of allylic oxidation sites excluding steroid dienone is 1. The van der Waals surface area contributed by atoms with E-state index in [1.54, 1.807) is 6.08 Å². The molecular weight excluding hydrogens is 142 g/mol. The third-order valence-electron chi connectivity index (χ3n) is 0.889. The van der Waals surface area contributed by atoms with Gasteiger partial charge in [-0.25, -0.2) is 0 Å². The monoisotopic (exact) mass is 147 g/mol. The first-order valence-electron chi connectivity index (χ1n) is 2.29. The lowest BCUT2D eigenvalue weighted by atomic mass is 10.2. The summed E-state index contributed by atoms with van der Waals surface area (Å²) in [5.74, 6) is -0.875. The average Bonchev–Trinajstić information content (AvgIpc) is 1.77. The molecule has 0 fully saturated rings. The van der Waals surface area contributed by atoms with E-state index in [0.29, 0.717) is 0 Å². The molecule has 0 saturated carbocycles. The van der Waals surface area contributed by atoms with Crippen LogP contribution in [0.1, 0.15) is 6.42 Å². The van der Waals surface area contributed by atoms with Crippen LogP contribution in [0.3, 0.4) is 0 Å². The second-order valence-corrected chi connectivity index (χ2v) is 1.50. The largest absolute Gasteiger partial charge is 0.326 e. The number of ketones is 1. The van der Waals surface area contributed by atoms with Crippen molar-refractivity contribution in [2.24, 2.45) is 0 Å². The van der Waals surface area contributed by atoms with E-state index in [2.05, 4.69) is 5.32 Å². The van der Waals surface area contributed by atoms with Gasteiger partial charge in [-0.15, -0.1) is 12.4 Å². The lowest BCUT2D eigenvalue weighted by Crippen LogP contribution is -2.29. The number of rotatable bonds is 0. The van der Waals surface area contributed by atoms with Gasteiger partial charge in [-0.05, 0) is 0 Å². The number of hydrogen-bond acceptors (Lipinski definition) is 2. The molecule has 0 aliphatic carbocycles. The van der Waals surface area contributed by atoms with E-state index in [-0.39, 0.29) is 24.6 Å². The van der Waals surface area contributed by atoms with E-state index in [9.17, 15) is 9.59 Å². The number of nitrogens with one attached hydrogen (secondary N) is 1. The van der Waals surface area contributed by atoms with Gasteiger partial charge in [-0.3, -0.25) is 9.59 Å². The van der Waals surface area contributed by atoms with E-state index in [4.69, 9.17) is 0 Å². The minimum absolute atomic E-state index is 0. The van der Waals surface area contributed by atoms with Crippen molar-refractivity contribution in [2.75, 3.05) is 0 Å². The molecule has 4 heteroatoms. The summed E-state index contributed by atoms with van der Waals surface area (Å²) in [4.78, 5) is 20.6. The zero-order valence-electron chi connectivity index (χ0n) is 4.59.